The molecule has 1 aromatic rings. The van der Waals surface area contributed by atoms with E-state index in [-0.39, 0.29) is 11.2 Å². The summed E-state index contributed by atoms with van der Waals surface area (Å²) in [5, 5.41) is 22.5. The lowest BCUT2D eigenvalue weighted by Crippen LogP contribution is -2.15. The van der Waals surface area contributed by atoms with Gasteiger partial charge >= 0.3 is 0 Å². The Morgan fingerprint density at radius 2 is 1.95 bits per heavy atom. The minimum atomic E-state index is 0.177. The Bertz CT molecular complexity index is 458. The molecule has 0 radical (unpaired) electrons. The van der Waals surface area contributed by atoms with Gasteiger partial charge < -0.3 is 10.3 Å². The van der Waals surface area contributed by atoms with Gasteiger partial charge in [-0.25, -0.2) is 0 Å². The number of oxime groups is 1. The van der Waals surface area contributed by atoms with Crippen LogP contribution in [0.5, 0.6) is 5.75 Å². The molecule has 0 fully saturated rings. The third-order valence-electron chi connectivity index (χ3n) is 3.09. The van der Waals surface area contributed by atoms with E-state index < -0.39 is 0 Å². The lowest BCUT2D eigenvalue weighted by atomic mass is 9.82. The molecule has 0 heterocycles. The number of aryl methyl sites for hydroxylation is 1. The van der Waals surface area contributed by atoms with Crippen LogP contribution in [0.15, 0.2) is 23.4 Å². The molecule has 0 aliphatic heterocycles. The van der Waals surface area contributed by atoms with Crippen molar-refractivity contribution < 1.29 is 10.3 Å². The monoisotopic (exact) mass is 263 g/mol. The summed E-state index contributed by atoms with van der Waals surface area (Å²) in [7, 11) is 0. The number of rotatable bonds is 4. The van der Waals surface area contributed by atoms with Crippen LogP contribution in [0.1, 0.15) is 51.7 Å². The number of phenols is 1. The molecular weight excluding hydrogens is 238 g/mol. The Labute approximate surface area is 116 Å². The fourth-order valence-corrected chi connectivity index (χ4v) is 2.54. The molecule has 106 valence electrons. The molecule has 3 heteroatoms. The molecule has 2 N–H and O–H groups in total. The van der Waals surface area contributed by atoms with Crippen LogP contribution in [0.25, 0.3) is 0 Å². The van der Waals surface area contributed by atoms with Gasteiger partial charge in [0.25, 0.3) is 0 Å². The van der Waals surface area contributed by atoms with Crippen molar-refractivity contribution in [3.8, 4) is 5.75 Å². The Balaban J connectivity index is 2.85. The first-order valence-corrected chi connectivity index (χ1v) is 6.74. The Hall–Kier alpha value is -1.51. The molecule has 0 bridgehead atoms. The highest BCUT2D eigenvalue weighted by molar-refractivity contribution is 6.02. The standard InChI is InChI=1S/C16H25NO2/c1-11-6-7-13(15(18)9-11)14(17-19)8-12(2)10-16(3,4)5/h6-7,9,12,18-19H,8,10H2,1-5H3/b17-14+. The maximum absolute atomic E-state index is 9.95. The van der Waals surface area contributed by atoms with Crippen molar-refractivity contribution in [2.24, 2.45) is 16.5 Å². The minimum absolute atomic E-state index is 0.177. The second-order valence-electron chi connectivity index (χ2n) is 6.64. The van der Waals surface area contributed by atoms with Gasteiger partial charge in [-0.05, 0) is 48.8 Å². The first-order valence-electron chi connectivity index (χ1n) is 6.74. The van der Waals surface area contributed by atoms with Crippen LogP contribution in [0.4, 0.5) is 0 Å². The van der Waals surface area contributed by atoms with Crippen molar-refractivity contribution in [2.75, 3.05) is 0 Å². The average molecular weight is 263 g/mol. The molecule has 0 aromatic heterocycles. The molecular formula is C16H25NO2. The number of hydrogen-bond donors (Lipinski definition) is 2. The molecule has 0 saturated carbocycles. The summed E-state index contributed by atoms with van der Waals surface area (Å²) in [5.74, 6) is 0.572. The number of benzene rings is 1. The van der Waals surface area contributed by atoms with E-state index in [0.717, 1.165) is 12.0 Å². The van der Waals surface area contributed by atoms with Crippen molar-refractivity contribution in [1.29, 1.82) is 0 Å². The molecule has 1 aromatic carbocycles. The highest BCUT2D eigenvalue weighted by atomic mass is 16.4. The van der Waals surface area contributed by atoms with Gasteiger partial charge in [-0.1, -0.05) is 38.9 Å². The van der Waals surface area contributed by atoms with Gasteiger partial charge in [0, 0.05) is 5.56 Å². The van der Waals surface area contributed by atoms with E-state index in [9.17, 15) is 10.3 Å². The van der Waals surface area contributed by atoms with E-state index in [1.807, 2.05) is 19.1 Å². The van der Waals surface area contributed by atoms with Crippen LogP contribution in [0.3, 0.4) is 0 Å². The molecule has 3 nitrogen and oxygen atoms in total. The second kappa shape index (κ2) is 6.09. The maximum Gasteiger partial charge on any atom is 0.125 e. The molecule has 1 rings (SSSR count). The summed E-state index contributed by atoms with van der Waals surface area (Å²) < 4.78 is 0. The van der Waals surface area contributed by atoms with Gasteiger partial charge in [0.1, 0.15) is 5.75 Å². The largest absolute Gasteiger partial charge is 0.507 e. The predicted octanol–water partition coefficient (Wildman–Crippen LogP) is 4.34. The molecule has 0 spiro atoms. The van der Waals surface area contributed by atoms with E-state index in [2.05, 4.69) is 32.9 Å². The van der Waals surface area contributed by atoms with Gasteiger partial charge in [-0.3, -0.25) is 0 Å². The lowest BCUT2D eigenvalue weighted by Gasteiger charge is -2.23. The topological polar surface area (TPSA) is 52.8 Å². The summed E-state index contributed by atoms with van der Waals surface area (Å²) in [5.41, 5.74) is 2.40. The third kappa shape index (κ3) is 4.93. The third-order valence-corrected chi connectivity index (χ3v) is 3.09. The Kier molecular flexibility index (Phi) is 4.98. The van der Waals surface area contributed by atoms with Gasteiger partial charge in [0.15, 0.2) is 0 Å². The summed E-state index contributed by atoms with van der Waals surface area (Å²) in [6.07, 6.45) is 1.70. The van der Waals surface area contributed by atoms with Crippen molar-refractivity contribution in [3.63, 3.8) is 0 Å². The minimum Gasteiger partial charge on any atom is -0.507 e. The smallest absolute Gasteiger partial charge is 0.125 e. The Morgan fingerprint density at radius 3 is 2.42 bits per heavy atom. The highest BCUT2D eigenvalue weighted by Crippen LogP contribution is 2.28. The lowest BCUT2D eigenvalue weighted by molar-refractivity contribution is 0.300. The molecule has 19 heavy (non-hydrogen) atoms. The fourth-order valence-electron chi connectivity index (χ4n) is 2.54. The van der Waals surface area contributed by atoms with E-state index in [1.54, 1.807) is 6.07 Å². The second-order valence-corrected chi connectivity index (χ2v) is 6.64. The van der Waals surface area contributed by atoms with Gasteiger partial charge in [0.05, 0.1) is 5.71 Å². The zero-order valence-corrected chi connectivity index (χ0v) is 12.6. The number of phenolic OH excluding ortho intramolecular Hbond substituents is 1. The van der Waals surface area contributed by atoms with E-state index in [1.165, 1.54) is 0 Å². The predicted molar refractivity (Wildman–Crippen MR) is 79.0 cm³/mol. The van der Waals surface area contributed by atoms with Crippen LogP contribution < -0.4 is 0 Å². The van der Waals surface area contributed by atoms with Crippen LogP contribution in [0, 0.1) is 18.3 Å². The number of nitrogens with zero attached hydrogens (tertiary/aromatic N) is 1. The molecule has 0 amide bonds. The van der Waals surface area contributed by atoms with E-state index >= 15 is 0 Å². The first-order chi connectivity index (χ1) is 8.73. The molecule has 1 atom stereocenters. The molecule has 0 aliphatic carbocycles. The molecule has 0 saturated heterocycles. The van der Waals surface area contributed by atoms with E-state index in [0.29, 0.717) is 23.6 Å². The van der Waals surface area contributed by atoms with Crippen molar-refractivity contribution in [2.45, 2.75) is 47.5 Å². The first kappa shape index (κ1) is 15.5. The van der Waals surface area contributed by atoms with Gasteiger partial charge in [-0.15, -0.1) is 0 Å². The van der Waals surface area contributed by atoms with Crippen molar-refractivity contribution >= 4 is 5.71 Å². The fraction of sp³-hybridized carbons (Fsp3) is 0.562. The zero-order chi connectivity index (χ0) is 14.6. The zero-order valence-electron chi connectivity index (χ0n) is 12.6. The van der Waals surface area contributed by atoms with Gasteiger partial charge in [0.2, 0.25) is 0 Å². The highest BCUT2D eigenvalue weighted by Gasteiger charge is 2.19. The average Bonchev–Trinajstić information content (AvgIpc) is 2.24. The summed E-state index contributed by atoms with van der Waals surface area (Å²) >= 11 is 0. The normalized spacial score (nSPS) is 14.5. The summed E-state index contributed by atoms with van der Waals surface area (Å²) in [4.78, 5) is 0. The number of hydrogen-bond acceptors (Lipinski definition) is 3. The van der Waals surface area contributed by atoms with Crippen LogP contribution in [-0.4, -0.2) is 16.0 Å². The van der Waals surface area contributed by atoms with Crippen LogP contribution >= 0.6 is 0 Å². The van der Waals surface area contributed by atoms with Crippen molar-refractivity contribution in [1.82, 2.24) is 0 Å². The number of aromatic hydroxyl groups is 1. The van der Waals surface area contributed by atoms with Crippen molar-refractivity contribution in [3.05, 3.63) is 29.3 Å². The maximum atomic E-state index is 9.95. The van der Waals surface area contributed by atoms with Crippen LogP contribution in [0.2, 0.25) is 0 Å². The Morgan fingerprint density at radius 1 is 1.32 bits per heavy atom. The molecule has 1 unspecified atom stereocenters. The quantitative estimate of drug-likeness (QED) is 0.482. The van der Waals surface area contributed by atoms with E-state index in [4.69, 9.17) is 0 Å². The van der Waals surface area contributed by atoms with Gasteiger partial charge in [-0.2, -0.15) is 0 Å². The SMILES string of the molecule is Cc1ccc(/C(CC(C)CC(C)(C)C)=N/O)c(O)c1. The molecule has 0 aliphatic rings. The van der Waals surface area contributed by atoms with Crippen LogP contribution in [-0.2, 0) is 0 Å². The summed E-state index contributed by atoms with van der Waals surface area (Å²) in [6.45, 7) is 10.6. The summed E-state index contributed by atoms with van der Waals surface area (Å²) in [6, 6.07) is 5.41.